The van der Waals surface area contributed by atoms with Crippen LogP contribution in [0.15, 0.2) is 16.9 Å². The molecule has 7 N–H and O–H groups in total. The van der Waals surface area contributed by atoms with Gasteiger partial charge in [0.05, 0.1) is 50.2 Å². The molecule has 1 aromatic carbocycles. The van der Waals surface area contributed by atoms with Crippen molar-refractivity contribution < 1.29 is 68.6 Å². The lowest BCUT2D eigenvalue weighted by Gasteiger charge is -2.29. The molecule has 3 rings (SSSR count). The van der Waals surface area contributed by atoms with Crippen LogP contribution in [0.2, 0.25) is 0 Å². The van der Waals surface area contributed by atoms with Crippen LogP contribution in [-0.4, -0.2) is 195 Å². The number of fused-ring (bicyclic) bond motifs is 2. The van der Waals surface area contributed by atoms with E-state index in [4.69, 9.17) is 19.7 Å². The van der Waals surface area contributed by atoms with E-state index in [1.807, 2.05) is 0 Å². The van der Waals surface area contributed by atoms with Gasteiger partial charge in [0.1, 0.15) is 0 Å². The summed E-state index contributed by atoms with van der Waals surface area (Å²) >= 11 is 0. The summed E-state index contributed by atoms with van der Waals surface area (Å²) in [5, 5.41) is 55.8. The Morgan fingerprint density at radius 3 is 1.55 bits per heavy atom. The number of carbonyl (C=O) groups is 7. The van der Waals surface area contributed by atoms with Gasteiger partial charge in [0, 0.05) is 65.0 Å². The minimum Gasteiger partial charge on any atom is -0.480 e. The molecule has 1 aliphatic rings. The zero-order chi connectivity index (χ0) is 40.7. The first-order valence-corrected chi connectivity index (χ1v) is 16.9. The third-order valence-electron chi connectivity index (χ3n) is 8.06. The fourth-order valence-electron chi connectivity index (χ4n) is 5.56. The van der Waals surface area contributed by atoms with E-state index < -0.39 is 86.4 Å². The first-order chi connectivity index (χ1) is 26.1. The topological polar surface area (TPSA) is 311 Å². The third kappa shape index (κ3) is 14.4. The maximum absolute atomic E-state index is 13.1. The second-order valence-corrected chi connectivity index (χ2v) is 12.3. The van der Waals surface area contributed by atoms with Crippen molar-refractivity contribution in [2.75, 3.05) is 98.4 Å². The van der Waals surface area contributed by atoms with Gasteiger partial charge in [-0.25, -0.2) is 0 Å². The smallest absolute Gasteiger partial charge is 0.317 e. The van der Waals surface area contributed by atoms with Crippen molar-refractivity contribution in [1.82, 2.24) is 40.0 Å². The number of aromatic nitrogens is 2. The molecule has 1 aromatic heterocycles. The first kappa shape index (κ1) is 43.5. The zero-order valence-electron chi connectivity index (χ0n) is 30.0. The normalized spacial score (nSPS) is 12.1. The van der Waals surface area contributed by atoms with Crippen molar-refractivity contribution in [1.29, 1.82) is 0 Å². The van der Waals surface area contributed by atoms with Gasteiger partial charge in [-0.05, 0) is 13.0 Å². The molecule has 2 amide bonds. The van der Waals surface area contributed by atoms with Crippen molar-refractivity contribution in [2.24, 2.45) is 0 Å². The molecular formula is C32H44N8O15. The quantitative estimate of drug-likeness (QED) is 0.0458. The van der Waals surface area contributed by atoms with E-state index in [-0.39, 0.29) is 70.2 Å². The summed E-state index contributed by atoms with van der Waals surface area (Å²) in [5.41, 5.74) is -0.551. The lowest BCUT2D eigenvalue weighted by atomic mass is 10.1. The largest absolute Gasteiger partial charge is 0.480 e. The van der Waals surface area contributed by atoms with Crippen molar-refractivity contribution in [3.63, 3.8) is 0 Å². The minimum atomic E-state index is -1.28. The van der Waals surface area contributed by atoms with E-state index in [0.29, 0.717) is 23.6 Å². The lowest BCUT2D eigenvalue weighted by molar-refractivity contribution is -0.143. The maximum atomic E-state index is 13.1. The zero-order valence-corrected chi connectivity index (χ0v) is 30.0. The van der Waals surface area contributed by atoms with Crippen LogP contribution in [-0.2, 0) is 35.3 Å². The molecule has 0 spiro atoms. The molecule has 0 bridgehead atoms. The van der Waals surface area contributed by atoms with Crippen molar-refractivity contribution in [3.05, 3.63) is 28.0 Å². The van der Waals surface area contributed by atoms with Gasteiger partial charge < -0.3 is 45.6 Å². The number of hydrogen-bond acceptors (Lipinski definition) is 15. The number of nitrogens with one attached hydrogen (secondary N) is 2. The molecule has 2 aromatic rings. The molecule has 23 heteroatoms. The standard InChI is InChI=1S/C32H44N8O15/c1-2-40-21-12-23-22(54-19-55-23)11-20(21)31(52)30(35-40)32(53)34-4-3-33-24(41)13-38(16-27(46)47)9-7-36(14-25(42)43)5-6-37(15-26(44)45)8-10-39(17-28(48)49)18-29(50)51/h11-12H,2-10,13-19H2,1H3,(H,33,41)(H,34,53)(H,42,43)(H,44,45)(H,46,47)(H,48,49)(H,50,51). The summed E-state index contributed by atoms with van der Waals surface area (Å²) in [6.45, 7) is -1.68. The first-order valence-electron chi connectivity index (χ1n) is 16.9. The average molecular weight is 781 g/mol. The Kier molecular flexibility index (Phi) is 16.7. The number of nitrogens with zero attached hydrogens (tertiary/aromatic N) is 6. The Bertz CT molecular complexity index is 1790. The number of rotatable bonds is 26. The summed E-state index contributed by atoms with van der Waals surface area (Å²) in [5.74, 6) is -6.89. The monoisotopic (exact) mass is 780 g/mol. The van der Waals surface area contributed by atoms with E-state index in [1.54, 1.807) is 13.0 Å². The number of aryl methyl sites for hydroxylation is 1. The van der Waals surface area contributed by atoms with Gasteiger partial charge in [-0.2, -0.15) is 5.10 Å². The van der Waals surface area contributed by atoms with Gasteiger partial charge in [-0.3, -0.25) is 62.6 Å². The van der Waals surface area contributed by atoms with Crippen LogP contribution >= 0.6 is 0 Å². The highest BCUT2D eigenvalue weighted by Gasteiger charge is 2.23. The molecule has 0 radical (unpaired) electrons. The highest BCUT2D eigenvalue weighted by molar-refractivity contribution is 5.96. The summed E-state index contributed by atoms with van der Waals surface area (Å²) in [4.78, 5) is 101. The second-order valence-electron chi connectivity index (χ2n) is 12.3. The van der Waals surface area contributed by atoms with Crippen LogP contribution in [0.25, 0.3) is 10.9 Å². The molecule has 0 aliphatic carbocycles. The molecule has 55 heavy (non-hydrogen) atoms. The molecule has 1 aliphatic heterocycles. The Morgan fingerprint density at radius 2 is 1.07 bits per heavy atom. The number of hydrogen-bond donors (Lipinski definition) is 7. The summed E-state index contributed by atoms with van der Waals surface area (Å²) in [7, 11) is 0. The summed E-state index contributed by atoms with van der Waals surface area (Å²) in [6, 6.07) is 3.09. The number of benzene rings is 1. The van der Waals surface area contributed by atoms with Gasteiger partial charge in [0.25, 0.3) is 5.91 Å². The van der Waals surface area contributed by atoms with E-state index in [0.717, 1.165) is 4.90 Å². The highest BCUT2D eigenvalue weighted by Crippen LogP contribution is 2.34. The van der Waals surface area contributed by atoms with Crippen LogP contribution in [0.5, 0.6) is 11.5 Å². The Labute approximate surface area is 312 Å². The molecule has 23 nitrogen and oxygen atoms in total. The maximum Gasteiger partial charge on any atom is 0.317 e. The van der Waals surface area contributed by atoms with Gasteiger partial charge in [0.15, 0.2) is 17.2 Å². The van der Waals surface area contributed by atoms with E-state index in [2.05, 4.69) is 15.7 Å². The van der Waals surface area contributed by atoms with Crippen LogP contribution in [0.3, 0.4) is 0 Å². The fraction of sp³-hybridized carbons (Fsp3) is 0.531. The molecule has 0 atom stereocenters. The number of carboxylic acid groups (broad SMARTS) is 5. The summed E-state index contributed by atoms with van der Waals surface area (Å²) < 4.78 is 12.2. The van der Waals surface area contributed by atoms with Crippen molar-refractivity contribution in [2.45, 2.75) is 13.5 Å². The highest BCUT2D eigenvalue weighted by atomic mass is 16.7. The minimum absolute atomic E-state index is 0.0102. The Hall–Kier alpha value is -5.91. The van der Waals surface area contributed by atoms with Crippen molar-refractivity contribution in [3.8, 4) is 11.5 Å². The number of amides is 2. The predicted octanol–water partition coefficient (Wildman–Crippen LogP) is -3.38. The van der Waals surface area contributed by atoms with Gasteiger partial charge in [-0.15, -0.1) is 0 Å². The van der Waals surface area contributed by atoms with Gasteiger partial charge in [0.2, 0.25) is 18.1 Å². The number of ether oxygens (including phenoxy) is 2. The fourth-order valence-corrected chi connectivity index (χ4v) is 5.56. The van der Waals surface area contributed by atoms with Gasteiger partial charge >= 0.3 is 29.8 Å². The molecule has 0 fully saturated rings. The molecule has 0 unspecified atom stereocenters. The van der Waals surface area contributed by atoms with Crippen LogP contribution < -0.4 is 25.5 Å². The van der Waals surface area contributed by atoms with E-state index in [1.165, 1.54) is 25.4 Å². The predicted molar refractivity (Wildman–Crippen MR) is 187 cm³/mol. The van der Waals surface area contributed by atoms with Crippen LogP contribution in [0.4, 0.5) is 0 Å². The molecular weight excluding hydrogens is 736 g/mol. The Balaban J connectivity index is 1.55. The molecule has 302 valence electrons. The van der Waals surface area contributed by atoms with Crippen molar-refractivity contribution >= 4 is 52.6 Å². The molecule has 0 saturated heterocycles. The SMILES string of the molecule is CCn1nc(C(=O)NCCNC(=O)CN(CCN(CCN(CCN(CC(=O)O)CC(=O)O)CC(=O)O)CC(=O)O)CC(=O)O)c(=O)c2cc3c(cc21)OCO3. The molecule has 2 heterocycles. The van der Waals surface area contributed by atoms with Crippen LogP contribution in [0.1, 0.15) is 17.4 Å². The molecule has 0 saturated carbocycles. The van der Waals surface area contributed by atoms with Gasteiger partial charge in [-0.1, -0.05) is 0 Å². The summed E-state index contributed by atoms with van der Waals surface area (Å²) in [6.07, 6.45) is 0. The lowest BCUT2D eigenvalue weighted by Crippen LogP contribution is -2.47. The third-order valence-corrected chi connectivity index (χ3v) is 8.06. The Morgan fingerprint density at radius 1 is 0.655 bits per heavy atom. The number of aliphatic carboxylic acids is 5. The van der Waals surface area contributed by atoms with Crippen LogP contribution in [0, 0.1) is 0 Å². The second kappa shape index (κ2) is 21.1. The average Bonchev–Trinajstić information content (AvgIpc) is 3.56. The number of carboxylic acids is 5. The number of carbonyl (C=O) groups excluding carboxylic acids is 2. The van der Waals surface area contributed by atoms with E-state index >= 15 is 0 Å². The van der Waals surface area contributed by atoms with E-state index in [9.17, 15) is 53.7 Å².